The molecule has 2 aromatic carbocycles. The number of hydrogen-bond acceptors (Lipinski definition) is 7. The number of allylic oxidation sites excluding steroid dienone is 1. The number of nitrogens with zero attached hydrogens (tertiary/aromatic N) is 2. The van der Waals surface area contributed by atoms with Crippen molar-refractivity contribution < 1.29 is 27.9 Å². The molecule has 0 aliphatic carbocycles. The Morgan fingerprint density at radius 1 is 1.13 bits per heavy atom. The van der Waals surface area contributed by atoms with Crippen molar-refractivity contribution in [1.29, 1.82) is 0 Å². The second-order valence-electron chi connectivity index (χ2n) is 9.06. The Hall–Kier alpha value is -3.57. The van der Waals surface area contributed by atoms with Crippen molar-refractivity contribution >= 4 is 33.8 Å². The van der Waals surface area contributed by atoms with Crippen LogP contribution in [0.4, 0.5) is 4.79 Å². The van der Waals surface area contributed by atoms with Gasteiger partial charge in [0.2, 0.25) is 0 Å². The zero-order chi connectivity index (χ0) is 28.6. The normalized spacial score (nSPS) is 11.2. The molecule has 208 valence electrons. The average Bonchev–Trinajstić information content (AvgIpc) is 3.24. The minimum Gasteiger partial charge on any atom is -0.476 e. The minimum atomic E-state index is -4.20. The Morgan fingerprint density at radius 2 is 1.82 bits per heavy atom. The molecule has 1 amide bonds. The molecule has 0 saturated carbocycles. The molecule has 2 N–H and O–H groups in total. The number of hydrogen-bond donors (Lipinski definition) is 2. The SMILES string of the molecule is CCCCc1nc(SC)c(C(=O)O)n1Cc1ccc(-c2ccccc2S(=O)(=O)NC(=O)OCC=C(C)C)cc1. The van der Waals surface area contributed by atoms with Gasteiger partial charge in [-0.1, -0.05) is 61.4 Å². The van der Waals surface area contributed by atoms with E-state index in [0.29, 0.717) is 29.1 Å². The van der Waals surface area contributed by atoms with Crippen LogP contribution in [0, 0.1) is 0 Å². The smallest absolute Gasteiger partial charge is 0.421 e. The van der Waals surface area contributed by atoms with Gasteiger partial charge in [0.25, 0.3) is 10.0 Å². The van der Waals surface area contributed by atoms with Crippen LogP contribution in [0.5, 0.6) is 0 Å². The number of aromatic carboxylic acids is 1. The van der Waals surface area contributed by atoms with E-state index in [4.69, 9.17) is 4.74 Å². The summed E-state index contributed by atoms with van der Waals surface area (Å²) in [6.45, 7) is 6.03. The molecule has 1 aromatic heterocycles. The standard InChI is InChI=1S/C28H33N3O6S2/c1-5-6-11-24-29-26(38-4)25(27(32)33)31(24)18-20-12-14-21(15-13-20)22-9-7-8-10-23(22)39(35,36)30-28(34)37-17-16-19(2)3/h7-10,12-16H,5-6,11,17-18H2,1-4H3,(H,30,34)(H,32,33). The lowest BCUT2D eigenvalue weighted by Crippen LogP contribution is -2.31. The third-order valence-electron chi connectivity index (χ3n) is 5.87. The van der Waals surface area contributed by atoms with E-state index in [1.807, 2.05) is 30.7 Å². The van der Waals surface area contributed by atoms with Crippen molar-refractivity contribution in [2.75, 3.05) is 12.9 Å². The first-order chi connectivity index (χ1) is 18.6. The first-order valence-electron chi connectivity index (χ1n) is 12.4. The third kappa shape index (κ3) is 7.73. The second kappa shape index (κ2) is 13.5. The number of carboxylic acid groups (broad SMARTS) is 1. The molecule has 0 bridgehead atoms. The molecule has 0 spiro atoms. The largest absolute Gasteiger partial charge is 0.476 e. The fraction of sp³-hybridized carbons (Fsp3) is 0.321. The number of amides is 1. The molecule has 3 aromatic rings. The summed E-state index contributed by atoms with van der Waals surface area (Å²) in [4.78, 5) is 28.6. The first-order valence-corrected chi connectivity index (χ1v) is 15.2. The van der Waals surface area contributed by atoms with Gasteiger partial charge in [0.1, 0.15) is 17.5 Å². The summed E-state index contributed by atoms with van der Waals surface area (Å²) in [6, 6.07) is 13.6. The number of ether oxygens (including phenoxy) is 1. The van der Waals surface area contributed by atoms with Crippen molar-refractivity contribution in [3.05, 3.63) is 77.3 Å². The van der Waals surface area contributed by atoms with Crippen molar-refractivity contribution in [2.45, 2.75) is 56.5 Å². The summed E-state index contributed by atoms with van der Waals surface area (Å²) >= 11 is 1.30. The number of carbonyl (C=O) groups is 2. The molecule has 0 radical (unpaired) electrons. The summed E-state index contributed by atoms with van der Waals surface area (Å²) in [5, 5.41) is 10.3. The maximum absolute atomic E-state index is 13.0. The molecular weight excluding hydrogens is 538 g/mol. The molecule has 11 heteroatoms. The minimum absolute atomic E-state index is 0.0358. The monoisotopic (exact) mass is 571 g/mol. The highest BCUT2D eigenvalue weighted by Crippen LogP contribution is 2.29. The van der Waals surface area contributed by atoms with Crippen LogP contribution in [-0.2, 0) is 27.7 Å². The van der Waals surface area contributed by atoms with Crippen LogP contribution in [0.3, 0.4) is 0 Å². The highest BCUT2D eigenvalue weighted by Gasteiger charge is 2.24. The second-order valence-corrected chi connectivity index (χ2v) is 11.5. The molecule has 0 fully saturated rings. The van der Waals surface area contributed by atoms with E-state index in [2.05, 4.69) is 11.9 Å². The Balaban J connectivity index is 1.88. The number of nitrogens with one attached hydrogen (secondary N) is 1. The Labute approximate surface area is 233 Å². The topological polar surface area (TPSA) is 128 Å². The molecule has 0 aliphatic rings. The van der Waals surface area contributed by atoms with E-state index in [-0.39, 0.29) is 17.2 Å². The molecule has 39 heavy (non-hydrogen) atoms. The van der Waals surface area contributed by atoms with Crippen molar-refractivity contribution in [1.82, 2.24) is 14.3 Å². The van der Waals surface area contributed by atoms with Gasteiger partial charge < -0.3 is 14.4 Å². The van der Waals surface area contributed by atoms with E-state index >= 15 is 0 Å². The average molecular weight is 572 g/mol. The van der Waals surface area contributed by atoms with Gasteiger partial charge in [-0.2, -0.15) is 0 Å². The van der Waals surface area contributed by atoms with Crippen LogP contribution < -0.4 is 4.72 Å². The summed E-state index contributed by atoms with van der Waals surface area (Å²) in [5.74, 6) is -0.307. The van der Waals surface area contributed by atoms with Crippen LogP contribution in [0.15, 0.2) is 70.1 Å². The number of unbranched alkanes of at least 4 members (excludes halogenated alkanes) is 1. The van der Waals surface area contributed by atoms with E-state index in [0.717, 1.165) is 29.8 Å². The fourth-order valence-electron chi connectivity index (χ4n) is 3.91. The number of sulfonamides is 1. The number of aromatic nitrogens is 2. The van der Waals surface area contributed by atoms with Gasteiger partial charge in [-0.05, 0) is 49.8 Å². The molecule has 9 nitrogen and oxygen atoms in total. The summed E-state index contributed by atoms with van der Waals surface area (Å²) in [7, 11) is -4.20. The van der Waals surface area contributed by atoms with Gasteiger partial charge in [0.15, 0.2) is 5.69 Å². The van der Waals surface area contributed by atoms with Gasteiger partial charge >= 0.3 is 12.1 Å². The zero-order valence-electron chi connectivity index (χ0n) is 22.4. The quantitative estimate of drug-likeness (QED) is 0.208. The number of benzene rings is 2. The summed E-state index contributed by atoms with van der Waals surface area (Å²) in [6.07, 6.45) is 4.94. The number of aryl methyl sites for hydroxylation is 1. The lowest BCUT2D eigenvalue weighted by Gasteiger charge is -2.13. The van der Waals surface area contributed by atoms with Crippen molar-refractivity contribution in [3.8, 4) is 11.1 Å². The summed E-state index contributed by atoms with van der Waals surface area (Å²) in [5.41, 5.74) is 2.98. The van der Waals surface area contributed by atoms with E-state index in [1.165, 1.54) is 17.8 Å². The number of imidazole rings is 1. The maximum Gasteiger partial charge on any atom is 0.421 e. The molecule has 0 aliphatic heterocycles. The van der Waals surface area contributed by atoms with Gasteiger partial charge in [-0.15, -0.1) is 11.8 Å². The van der Waals surface area contributed by atoms with E-state index in [1.54, 1.807) is 47.2 Å². The van der Waals surface area contributed by atoms with Crippen LogP contribution in [-0.4, -0.2) is 48.0 Å². The van der Waals surface area contributed by atoms with Gasteiger partial charge in [-0.3, -0.25) is 0 Å². The number of carbonyl (C=O) groups excluding carboxylic acids is 1. The Kier molecular flexibility index (Phi) is 10.4. The molecular formula is C28H33N3O6S2. The van der Waals surface area contributed by atoms with Crippen LogP contribution in [0.2, 0.25) is 0 Å². The molecule has 3 rings (SSSR count). The Bertz CT molecular complexity index is 1460. The van der Waals surface area contributed by atoms with E-state index in [9.17, 15) is 23.1 Å². The van der Waals surface area contributed by atoms with Crippen LogP contribution in [0.25, 0.3) is 11.1 Å². The molecule has 0 atom stereocenters. The Morgan fingerprint density at radius 3 is 2.44 bits per heavy atom. The lowest BCUT2D eigenvalue weighted by atomic mass is 10.0. The van der Waals surface area contributed by atoms with Crippen LogP contribution >= 0.6 is 11.8 Å². The predicted molar refractivity (Wildman–Crippen MR) is 152 cm³/mol. The molecule has 1 heterocycles. The first kappa shape index (κ1) is 30.0. The maximum atomic E-state index is 13.0. The van der Waals surface area contributed by atoms with Crippen molar-refractivity contribution in [3.63, 3.8) is 0 Å². The fourth-order valence-corrected chi connectivity index (χ4v) is 5.62. The van der Waals surface area contributed by atoms with Crippen molar-refractivity contribution in [2.24, 2.45) is 0 Å². The lowest BCUT2D eigenvalue weighted by molar-refractivity contribution is 0.0681. The van der Waals surface area contributed by atoms with Gasteiger partial charge in [-0.25, -0.2) is 27.7 Å². The van der Waals surface area contributed by atoms with Gasteiger partial charge in [0, 0.05) is 18.5 Å². The number of thioether (sulfide) groups is 1. The molecule has 0 saturated heterocycles. The highest BCUT2D eigenvalue weighted by molar-refractivity contribution is 7.98. The highest BCUT2D eigenvalue weighted by atomic mass is 32.2. The summed E-state index contributed by atoms with van der Waals surface area (Å²) < 4.78 is 34.6. The van der Waals surface area contributed by atoms with E-state index < -0.39 is 22.1 Å². The third-order valence-corrected chi connectivity index (χ3v) is 7.91. The molecule has 0 unspecified atom stereocenters. The predicted octanol–water partition coefficient (Wildman–Crippen LogP) is 5.74. The zero-order valence-corrected chi connectivity index (χ0v) is 24.1. The number of carboxylic acids is 1. The van der Waals surface area contributed by atoms with Gasteiger partial charge in [0.05, 0.1) is 4.90 Å². The van der Waals surface area contributed by atoms with Crippen LogP contribution in [0.1, 0.15) is 55.5 Å². The number of rotatable bonds is 12.